The Morgan fingerprint density at radius 1 is 0.821 bits per heavy atom. The van der Waals surface area contributed by atoms with E-state index in [0.29, 0.717) is 5.75 Å². The summed E-state index contributed by atoms with van der Waals surface area (Å²) in [7, 11) is 7.36. The fourth-order valence-electron chi connectivity index (χ4n) is 0.892. The molecule has 0 amide bonds. The highest BCUT2D eigenvalue weighted by Crippen LogP contribution is 2.22. The first-order chi connectivity index (χ1) is 12.6. The molecule has 1 N–H and O–H groups in total. The van der Waals surface area contributed by atoms with E-state index in [0.717, 1.165) is 23.5 Å². The smallest absolute Gasteiger partial charge is 0.389 e. The maximum atomic E-state index is 11.5. The molecule has 0 bridgehead atoms. The monoisotopic (exact) mass is 540 g/mol. The van der Waals surface area contributed by atoms with Gasteiger partial charge >= 0.3 is 18.3 Å². The van der Waals surface area contributed by atoms with Crippen LogP contribution in [-0.2, 0) is 18.8 Å². The van der Waals surface area contributed by atoms with E-state index in [9.17, 15) is 35.9 Å². The van der Waals surface area contributed by atoms with E-state index in [-0.39, 0.29) is 30.1 Å². The van der Waals surface area contributed by atoms with Crippen molar-refractivity contribution in [1.29, 1.82) is 0 Å². The molecule has 0 unspecified atom stereocenters. The minimum atomic E-state index is -4.13. The van der Waals surface area contributed by atoms with Crippen molar-refractivity contribution in [2.45, 2.75) is 38.0 Å². The molecule has 0 atom stereocenters. The van der Waals surface area contributed by atoms with Crippen molar-refractivity contribution in [2.75, 3.05) is 23.0 Å². The second-order valence-corrected chi connectivity index (χ2v) is 9.78. The van der Waals surface area contributed by atoms with Gasteiger partial charge in [-0.15, -0.1) is 0 Å². The summed E-state index contributed by atoms with van der Waals surface area (Å²) in [5.74, 6) is -0.441. The van der Waals surface area contributed by atoms with Gasteiger partial charge in [-0.1, -0.05) is 0 Å². The number of halogens is 9. The van der Waals surface area contributed by atoms with Crippen LogP contribution in [0.5, 0.6) is 0 Å². The number of carbonyl (C=O) groups excluding carboxylic acids is 1. The Hall–Kier alpha value is 0.440. The molecule has 0 spiro atoms. The molecule has 170 valence electrons. The molecule has 0 saturated heterocycles. The van der Waals surface area contributed by atoms with Crippen LogP contribution in [-0.4, -0.2) is 55.9 Å². The second-order valence-electron chi connectivity index (χ2n) is 4.39. The lowest BCUT2D eigenvalue weighted by molar-refractivity contribution is -0.136. The average molecular weight is 542 g/mol. The molecule has 0 aromatic rings. The van der Waals surface area contributed by atoms with E-state index < -0.39 is 45.6 Å². The number of carboxylic acids is 1. The molecule has 0 aliphatic rings. The number of carboxylic acid groups (broad SMARTS) is 1. The van der Waals surface area contributed by atoms with Gasteiger partial charge in [-0.25, -0.2) is 4.21 Å². The molecule has 0 fully saturated rings. The molecule has 0 radical (unpaired) electrons. The first kappa shape index (κ1) is 33.1. The van der Waals surface area contributed by atoms with Crippen molar-refractivity contribution >= 4 is 76.9 Å². The third kappa shape index (κ3) is 50.3. The highest BCUT2D eigenvalue weighted by atomic mass is 36.0. The number of hydrogen-bond donors (Lipinski definition) is 1. The normalized spacial score (nSPS) is 11.2. The fraction of sp³-hybridized carbons (Fsp3) is 0.833. The molecule has 0 rings (SSSR count). The molecule has 0 saturated carbocycles. The Balaban J connectivity index is -0.000000375. The number of hydrogen-bond acceptors (Lipinski definition) is 5. The molecule has 0 aliphatic carbocycles. The van der Waals surface area contributed by atoms with Crippen LogP contribution in [0.1, 0.15) is 25.7 Å². The van der Waals surface area contributed by atoms with Crippen LogP contribution in [0.2, 0.25) is 0 Å². The number of carbonyl (C=O) groups is 2. The van der Waals surface area contributed by atoms with Crippen molar-refractivity contribution in [1.82, 2.24) is 0 Å². The Kier molecular flexibility index (Phi) is 22.9. The Labute approximate surface area is 182 Å². The van der Waals surface area contributed by atoms with Gasteiger partial charge in [-0.05, 0) is 11.6 Å². The topological polar surface area (TPSA) is 71.4 Å². The molecule has 16 heteroatoms. The van der Waals surface area contributed by atoms with E-state index >= 15 is 0 Å². The minimum Gasteiger partial charge on any atom is -0.481 e. The summed E-state index contributed by atoms with van der Waals surface area (Å²) in [6.45, 7) is 0. The fourth-order valence-corrected chi connectivity index (χ4v) is 2.91. The summed E-state index contributed by atoms with van der Waals surface area (Å²) in [5, 5.41) is 7.63. The van der Waals surface area contributed by atoms with Crippen LogP contribution in [0, 0.1) is 0 Å². The van der Waals surface area contributed by atoms with Crippen molar-refractivity contribution in [3.63, 3.8) is 0 Å². The third-order valence-corrected chi connectivity index (χ3v) is 4.12. The lowest BCUT2D eigenvalue weighted by Gasteiger charge is -2.04. The van der Waals surface area contributed by atoms with Crippen LogP contribution in [0.15, 0.2) is 0 Å². The SMILES string of the molecule is O=C(Cl)CCSCCC(F)(F)F.O=C(O)CCSCCC(F)(F)F.O=S(Cl)Cl. The maximum Gasteiger partial charge on any atom is 0.389 e. The summed E-state index contributed by atoms with van der Waals surface area (Å²) < 4.78 is 78.2. The minimum absolute atomic E-state index is 0.00628. The maximum absolute atomic E-state index is 11.5. The molecule has 0 heterocycles. The van der Waals surface area contributed by atoms with Gasteiger partial charge in [0.15, 0.2) is 0 Å². The Bertz CT molecular complexity index is 415. The largest absolute Gasteiger partial charge is 0.481 e. The highest BCUT2D eigenvalue weighted by Gasteiger charge is 2.26. The third-order valence-electron chi connectivity index (χ3n) is 1.96. The van der Waals surface area contributed by atoms with Crippen LogP contribution >= 0.6 is 56.5 Å². The van der Waals surface area contributed by atoms with Gasteiger partial charge in [0, 0.05) is 50.8 Å². The quantitative estimate of drug-likeness (QED) is 0.207. The first-order valence-corrected chi connectivity index (χ1v) is 12.5. The van der Waals surface area contributed by atoms with Gasteiger partial charge in [0.2, 0.25) is 14.5 Å². The highest BCUT2D eigenvalue weighted by molar-refractivity contribution is 8.26. The number of thioether (sulfide) groups is 2. The molecular formula is C12H17Cl3F6O4S3. The van der Waals surface area contributed by atoms with E-state index in [1.165, 1.54) is 0 Å². The number of aliphatic carboxylic acids is 1. The predicted molar refractivity (Wildman–Crippen MR) is 104 cm³/mol. The van der Waals surface area contributed by atoms with E-state index in [4.69, 9.17) is 20.9 Å². The molecule has 4 nitrogen and oxygen atoms in total. The predicted octanol–water partition coefficient (Wildman–Crippen LogP) is 6.02. The number of rotatable bonds is 10. The number of alkyl halides is 6. The Morgan fingerprint density at radius 2 is 1.14 bits per heavy atom. The lowest BCUT2D eigenvalue weighted by Crippen LogP contribution is -2.08. The molecule has 0 aromatic heterocycles. The zero-order valence-electron chi connectivity index (χ0n) is 14.0. The summed E-state index contributed by atoms with van der Waals surface area (Å²) in [5.41, 5.74) is 0. The van der Waals surface area contributed by atoms with Gasteiger partial charge in [-0.2, -0.15) is 49.9 Å². The zero-order valence-corrected chi connectivity index (χ0v) is 18.7. The van der Waals surface area contributed by atoms with E-state index in [2.05, 4.69) is 21.4 Å². The van der Waals surface area contributed by atoms with Crippen molar-refractivity contribution in [3.8, 4) is 0 Å². The zero-order chi connectivity index (χ0) is 22.8. The van der Waals surface area contributed by atoms with Gasteiger partial charge in [0.05, 0.1) is 19.3 Å². The van der Waals surface area contributed by atoms with Gasteiger partial charge in [-0.3, -0.25) is 9.59 Å². The molecule has 28 heavy (non-hydrogen) atoms. The summed E-state index contributed by atoms with van der Waals surface area (Å²) in [4.78, 5) is 20.1. The summed E-state index contributed by atoms with van der Waals surface area (Å²) in [6.07, 6.45) is -9.84. The van der Waals surface area contributed by atoms with Gasteiger partial charge in [0.25, 0.3) is 0 Å². The van der Waals surface area contributed by atoms with E-state index in [1.807, 2.05) is 0 Å². The first-order valence-electron chi connectivity index (χ1n) is 7.00. The second kappa shape index (κ2) is 19.4. The molecular weight excluding hydrogens is 525 g/mol. The standard InChI is InChI=1S/C6H8ClF3OS.C6H9F3O2S.Cl2OS/c7-5(11)1-3-12-4-2-6(8,9)10;7-6(8,9)2-4-12-3-1-5(10)11;1-4(2)3/h1-4H2;1-4H2,(H,10,11);. The summed E-state index contributed by atoms with van der Waals surface area (Å²) >= 11 is 7.06. The van der Waals surface area contributed by atoms with Crippen molar-refractivity contribution in [3.05, 3.63) is 0 Å². The van der Waals surface area contributed by atoms with Gasteiger partial charge < -0.3 is 5.11 Å². The lowest BCUT2D eigenvalue weighted by atomic mass is 10.5. The Morgan fingerprint density at radius 3 is 1.39 bits per heavy atom. The average Bonchev–Trinajstić information content (AvgIpc) is 2.43. The van der Waals surface area contributed by atoms with Crippen LogP contribution in [0.25, 0.3) is 0 Å². The summed E-state index contributed by atoms with van der Waals surface area (Å²) in [6, 6.07) is 0. The van der Waals surface area contributed by atoms with Crippen LogP contribution in [0.4, 0.5) is 26.3 Å². The van der Waals surface area contributed by atoms with Crippen LogP contribution < -0.4 is 0 Å². The van der Waals surface area contributed by atoms with Crippen LogP contribution in [0.3, 0.4) is 0 Å². The van der Waals surface area contributed by atoms with E-state index in [1.54, 1.807) is 0 Å². The van der Waals surface area contributed by atoms with Crippen molar-refractivity contribution < 1.29 is 45.2 Å². The molecule has 0 aromatic carbocycles. The molecule has 0 aliphatic heterocycles. The van der Waals surface area contributed by atoms with Crippen molar-refractivity contribution in [2.24, 2.45) is 0 Å². The van der Waals surface area contributed by atoms with Gasteiger partial charge in [0.1, 0.15) is 0 Å².